The first-order chi connectivity index (χ1) is 6.99. The number of aliphatic hydroxyl groups is 1. The molecule has 1 heterocycles. The Labute approximate surface area is 90.2 Å². The predicted molar refractivity (Wildman–Crippen MR) is 56.1 cm³/mol. The van der Waals surface area contributed by atoms with E-state index in [1.807, 2.05) is 11.8 Å². The number of nitrogens with zero attached hydrogens (tertiary/aromatic N) is 2. The molecule has 0 aromatic heterocycles. The Morgan fingerprint density at radius 3 is 2.53 bits per heavy atom. The first-order valence-corrected chi connectivity index (χ1v) is 6.53. The zero-order chi connectivity index (χ0) is 11.5. The minimum atomic E-state index is -4.07. The first-order valence-electron chi connectivity index (χ1n) is 5.02. The molecule has 1 unspecified atom stereocenters. The molecule has 1 aliphatic heterocycles. The van der Waals surface area contributed by atoms with Crippen molar-refractivity contribution in [2.45, 2.75) is 12.3 Å². The van der Waals surface area contributed by atoms with Crippen LogP contribution in [-0.4, -0.2) is 72.6 Å². The van der Waals surface area contributed by atoms with Crippen LogP contribution in [0.1, 0.15) is 6.92 Å². The van der Waals surface area contributed by atoms with Gasteiger partial charge in [0, 0.05) is 26.2 Å². The van der Waals surface area contributed by atoms with Crippen molar-refractivity contribution in [1.82, 2.24) is 9.80 Å². The molecule has 1 rings (SSSR count). The van der Waals surface area contributed by atoms with Gasteiger partial charge < -0.3 is 5.11 Å². The summed E-state index contributed by atoms with van der Waals surface area (Å²) in [5.74, 6) is 0. The third kappa shape index (κ3) is 3.39. The molecule has 1 atom stereocenters. The highest BCUT2D eigenvalue weighted by Crippen LogP contribution is 2.13. The number of aliphatic hydroxyl groups excluding tert-OH is 1. The van der Waals surface area contributed by atoms with Crippen LogP contribution in [0.2, 0.25) is 0 Å². The summed E-state index contributed by atoms with van der Waals surface area (Å²) in [6.07, 6.45) is 0. The molecule has 7 heteroatoms. The van der Waals surface area contributed by atoms with E-state index in [4.69, 9.17) is 9.66 Å². The lowest BCUT2D eigenvalue weighted by molar-refractivity contribution is 0.0930. The van der Waals surface area contributed by atoms with Crippen LogP contribution >= 0.6 is 0 Å². The summed E-state index contributed by atoms with van der Waals surface area (Å²) in [6, 6.07) is 0. The summed E-state index contributed by atoms with van der Waals surface area (Å²) >= 11 is 0. The van der Waals surface area contributed by atoms with Crippen molar-refractivity contribution in [3.8, 4) is 0 Å². The Bertz CT molecular complexity index is 293. The second-order valence-electron chi connectivity index (χ2n) is 3.62. The van der Waals surface area contributed by atoms with Crippen molar-refractivity contribution < 1.29 is 18.1 Å². The monoisotopic (exact) mass is 238 g/mol. The van der Waals surface area contributed by atoms with Gasteiger partial charge in [-0.2, -0.15) is 8.42 Å². The number of likely N-dealkylation sites (N-methyl/N-ethyl adjacent to an activating group) is 1. The minimum absolute atomic E-state index is 0.0991. The fourth-order valence-corrected chi connectivity index (χ4v) is 2.78. The number of hydrogen-bond donors (Lipinski definition) is 2. The van der Waals surface area contributed by atoms with Crippen LogP contribution < -0.4 is 0 Å². The molecular formula is C8H18N2O4S. The van der Waals surface area contributed by atoms with E-state index in [9.17, 15) is 8.42 Å². The summed E-state index contributed by atoms with van der Waals surface area (Å²) in [4.78, 5) is 3.56. The van der Waals surface area contributed by atoms with E-state index in [2.05, 4.69) is 0 Å². The molecule has 0 amide bonds. The van der Waals surface area contributed by atoms with Crippen molar-refractivity contribution in [2.24, 2.45) is 0 Å². The SMILES string of the molecule is CCN1CCN(CCO)C(S(=O)(=O)O)C1. The van der Waals surface area contributed by atoms with Gasteiger partial charge in [0.25, 0.3) is 10.1 Å². The second-order valence-corrected chi connectivity index (χ2v) is 5.20. The van der Waals surface area contributed by atoms with E-state index in [-0.39, 0.29) is 13.2 Å². The van der Waals surface area contributed by atoms with Crippen LogP contribution in [0.3, 0.4) is 0 Å². The Hall–Kier alpha value is -0.210. The average Bonchev–Trinajstić information content (AvgIpc) is 2.17. The molecule has 0 aliphatic carbocycles. The molecule has 0 saturated carbocycles. The zero-order valence-corrected chi connectivity index (χ0v) is 9.65. The number of rotatable bonds is 4. The Morgan fingerprint density at radius 2 is 2.07 bits per heavy atom. The highest BCUT2D eigenvalue weighted by atomic mass is 32.2. The fraction of sp³-hybridized carbons (Fsp3) is 1.00. The predicted octanol–water partition coefficient (Wildman–Crippen LogP) is -1.17. The summed E-state index contributed by atoms with van der Waals surface area (Å²) < 4.78 is 31.4. The molecule has 0 bridgehead atoms. The van der Waals surface area contributed by atoms with Crippen LogP contribution in [-0.2, 0) is 10.1 Å². The lowest BCUT2D eigenvalue weighted by Crippen LogP contribution is -2.56. The van der Waals surface area contributed by atoms with E-state index >= 15 is 0 Å². The van der Waals surface area contributed by atoms with E-state index in [1.54, 1.807) is 4.90 Å². The Balaban J connectivity index is 2.74. The quantitative estimate of drug-likeness (QED) is 0.601. The van der Waals surface area contributed by atoms with Gasteiger partial charge in [0.1, 0.15) is 0 Å². The number of β-amino-alcohol motifs (C(OH)–C–C–N with tert-alkyl or cyclic N) is 1. The molecular weight excluding hydrogens is 220 g/mol. The third-order valence-electron chi connectivity index (χ3n) is 2.70. The van der Waals surface area contributed by atoms with Crippen molar-refractivity contribution in [2.75, 3.05) is 39.3 Å². The van der Waals surface area contributed by atoms with E-state index < -0.39 is 15.5 Å². The smallest absolute Gasteiger partial charge is 0.282 e. The maximum atomic E-state index is 11.1. The number of piperazine rings is 1. The molecule has 1 saturated heterocycles. The van der Waals surface area contributed by atoms with Crippen molar-refractivity contribution >= 4 is 10.1 Å². The molecule has 15 heavy (non-hydrogen) atoms. The van der Waals surface area contributed by atoms with Gasteiger partial charge in [0.2, 0.25) is 0 Å². The van der Waals surface area contributed by atoms with Gasteiger partial charge in [-0.1, -0.05) is 6.92 Å². The Kier molecular flexibility index (Phi) is 4.47. The van der Waals surface area contributed by atoms with Crippen molar-refractivity contribution in [3.05, 3.63) is 0 Å². The molecule has 6 nitrogen and oxygen atoms in total. The molecule has 2 N–H and O–H groups in total. The lowest BCUT2D eigenvalue weighted by Gasteiger charge is -2.38. The van der Waals surface area contributed by atoms with Gasteiger partial charge in [-0.15, -0.1) is 0 Å². The fourth-order valence-electron chi connectivity index (χ4n) is 1.80. The highest BCUT2D eigenvalue weighted by molar-refractivity contribution is 7.86. The minimum Gasteiger partial charge on any atom is -0.395 e. The van der Waals surface area contributed by atoms with E-state index in [0.29, 0.717) is 13.1 Å². The van der Waals surface area contributed by atoms with Gasteiger partial charge in [0.15, 0.2) is 5.37 Å². The molecule has 1 fully saturated rings. The maximum absolute atomic E-state index is 11.1. The summed E-state index contributed by atoms with van der Waals surface area (Å²) in [5.41, 5.74) is 0. The highest BCUT2D eigenvalue weighted by Gasteiger charge is 2.34. The second kappa shape index (κ2) is 5.22. The van der Waals surface area contributed by atoms with Crippen molar-refractivity contribution in [1.29, 1.82) is 0 Å². The molecule has 0 aromatic rings. The van der Waals surface area contributed by atoms with Gasteiger partial charge in [-0.25, -0.2) is 0 Å². The standard InChI is InChI=1S/C8H18N2O4S/c1-2-9-3-4-10(5-6-11)8(7-9)15(12,13)14/h8,11H,2-7H2,1H3,(H,12,13,14). The van der Waals surface area contributed by atoms with Crippen LogP contribution in [0, 0.1) is 0 Å². The van der Waals surface area contributed by atoms with Gasteiger partial charge in [-0.3, -0.25) is 14.4 Å². The number of hydrogen-bond acceptors (Lipinski definition) is 5. The van der Waals surface area contributed by atoms with Crippen molar-refractivity contribution in [3.63, 3.8) is 0 Å². The average molecular weight is 238 g/mol. The van der Waals surface area contributed by atoms with Crippen LogP contribution in [0.25, 0.3) is 0 Å². The van der Waals surface area contributed by atoms with E-state index in [0.717, 1.165) is 13.1 Å². The lowest BCUT2D eigenvalue weighted by atomic mass is 10.3. The Morgan fingerprint density at radius 1 is 1.40 bits per heavy atom. The third-order valence-corrected chi connectivity index (χ3v) is 3.84. The molecule has 0 spiro atoms. The maximum Gasteiger partial charge on any atom is 0.282 e. The van der Waals surface area contributed by atoms with Crippen LogP contribution in [0.5, 0.6) is 0 Å². The summed E-state index contributed by atoms with van der Waals surface area (Å²) in [7, 11) is -4.07. The summed E-state index contributed by atoms with van der Waals surface area (Å²) in [6.45, 7) is 4.51. The molecule has 0 radical (unpaired) electrons. The topological polar surface area (TPSA) is 81.1 Å². The zero-order valence-electron chi connectivity index (χ0n) is 8.83. The molecule has 90 valence electrons. The first kappa shape index (κ1) is 12.9. The van der Waals surface area contributed by atoms with E-state index in [1.165, 1.54) is 0 Å². The van der Waals surface area contributed by atoms with Gasteiger partial charge in [0.05, 0.1) is 6.61 Å². The van der Waals surface area contributed by atoms with Crippen LogP contribution in [0.15, 0.2) is 0 Å². The van der Waals surface area contributed by atoms with Gasteiger partial charge in [-0.05, 0) is 6.54 Å². The van der Waals surface area contributed by atoms with Gasteiger partial charge >= 0.3 is 0 Å². The molecule has 1 aliphatic rings. The normalized spacial score (nSPS) is 25.7. The summed E-state index contributed by atoms with van der Waals surface area (Å²) in [5, 5.41) is 7.89. The van der Waals surface area contributed by atoms with Crippen LogP contribution in [0.4, 0.5) is 0 Å². The largest absolute Gasteiger partial charge is 0.395 e. The molecule has 0 aromatic carbocycles.